The van der Waals surface area contributed by atoms with Crippen LogP contribution in [0.1, 0.15) is 44.6 Å². The van der Waals surface area contributed by atoms with Gasteiger partial charge in [-0.15, -0.1) is 0 Å². The monoisotopic (exact) mass is 278 g/mol. The lowest BCUT2D eigenvalue weighted by Crippen LogP contribution is -2.24. The van der Waals surface area contributed by atoms with Crippen LogP contribution in [0.3, 0.4) is 0 Å². The smallest absolute Gasteiger partial charge is 0.125 e. The average Bonchev–Trinajstić information content (AvgIpc) is 2.91. The normalized spacial score (nSPS) is 15.8. The minimum atomic E-state index is -0.130. The predicted molar refractivity (Wildman–Crippen MR) is 83.6 cm³/mol. The van der Waals surface area contributed by atoms with Crippen molar-refractivity contribution in [3.63, 3.8) is 0 Å². The standard InChI is InChI=1S/C17H27FN2/c1-3-8-19-12-15-9-16(18)11-17(10-15)20(2)13-14-6-4-5-7-14/h9-11,14,19H,3-8,12-13H2,1-2H3. The first kappa shape index (κ1) is 15.3. The van der Waals surface area contributed by atoms with Crippen molar-refractivity contribution in [1.82, 2.24) is 5.32 Å². The second-order valence-corrected chi connectivity index (χ2v) is 6.03. The third-order valence-electron chi connectivity index (χ3n) is 4.15. The maximum absolute atomic E-state index is 13.8. The van der Waals surface area contributed by atoms with Crippen molar-refractivity contribution < 1.29 is 4.39 Å². The van der Waals surface area contributed by atoms with Crippen molar-refractivity contribution in [2.45, 2.75) is 45.6 Å². The van der Waals surface area contributed by atoms with Crippen LogP contribution in [-0.4, -0.2) is 20.1 Å². The second-order valence-electron chi connectivity index (χ2n) is 6.03. The highest BCUT2D eigenvalue weighted by Gasteiger charge is 2.17. The minimum Gasteiger partial charge on any atom is -0.374 e. The molecule has 2 nitrogen and oxygen atoms in total. The highest BCUT2D eigenvalue weighted by molar-refractivity contribution is 5.48. The van der Waals surface area contributed by atoms with Crippen LogP contribution in [0.2, 0.25) is 0 Å². The Bertz CT molecular complexity index is 413. The van der Waals surface area contributed by atoms with E-state index in [4.69, 9.17) is 0 Å². The molecule has 0 heterocycles. The lowest BCUT2D eigenvalue weighted by molar-refractivity contribution is 0.545. The molecular formula is C17H27FN2. The molecule has 0 radical (unpaired) electrons. The van der Waals surface area contributed by atoms with E-state index in [9.17, 15) is 4.39 Å². The van der Waals surface area contributed by atoms with E-state index in [1.165, 1.54) is 25.7 Å². The van der Waals surface area contributed by atoms with Gasteiger partial charge in [-0.1, -0.05) is 19.8 Å². The molecule has 0 spiro atoms. The third kappa shape index (κ3) is 4.48. The van der Waals surface area contributed by atoms with Crippen LogP contribution in [0.25, 0.3) is 0 Å². The summed E-state index contributed by atoms with van der Waals surface area (Å²) in [5.74, 6) is 0.652. The maximum Gasteiger partial charge on any atom is 0.125 e. The van der Waals surface area contributed by atoms with Gasteiger partial charge >= 0.3 is 0 Å². The number of anilines is 1. The Balaban J connectivity index is 1.98. The Labute approximate surface area is 122 Å². The highest BCUT2D eigenvalue weighted by atomic mass is 19.1. The van der Waals surface area contributed by atoms with Crippen LogP contribution in [0, 0.1) is 11.7 Å². The lowest BCUT2D eigenvalue weighted by Gasteiger charge is -2.24. The number of hydrogen-bond donors (Lipinski definition) is 1. The summed E-state index contributed by atoms with van der Waals surface area (Å²) >= 11 is 0. The molecule has 0 bridgehead atoms. The Morgan fingerprint density at radius 1 is 1.25 bits per heavy atom. The summed E-state index contributed by atoms with van der Waals surface area (Å²) in [7, 11) is 2.08. The highest BCUT2D eigenvalue weighted by Crippen LogP contribution is 2.27. The molecule has 1 aromatic carbocycles. The number of halogens is 1. The maximum atomic E-state index is 13.8. The first-order chi connectivity index (χ1) is 9.69. The van der Waals surface area contributed by atoms with Crippen LogP contribution in [0.15, 0.2) is 18.2 Å². The summed E-state index contributed by atoms with van der Waals surface area (Å²) in [6.45, 7) is 4.91. The van der Waals surface area contributed by atoms with Crippen molar-refractivity contribution in [2.75, 3.05) is 25.0 Å². The van der Waals surface area contributed by atoms with E-state index >= 15 is 0 Å². The van der Waals surface area contributed by atoms with Gasteiger partial charge in [0, 0.05) is 25.8 Å². The fourth-order valence-electron chi connectivity index (χ4n) is 3.05. The summed E-state index contributed by atoms with van der Waals surface area (Å²) in [4.78, 5) is 2.21. The number of benzene rings is 1. The number of nitrogens with one attached hydrogen (secondary N) is 1. The molecular weight excluding hydrogens is 251 g/mol. The zero-order chi connectivity index (χ0) is 14.4. The van der Waals surface area contributed by atoms with Gasteiger partial charge < -0.3 is 10.2 Å². The summed E-state index contributed by atoms with van der Waals surface area (Å²) in [6.07, 6.45) is 6.46. The van der Waals surface area contributed by atoms with Crippen molar-refractivity contribution >= 4 is 5.69 Å². The van der Waals surface area contributed by atoms with E-state index in [-0.39, 0.29) is 5.82 Å². The molecule has 0 unspecified atom stereocenters. The Morgan fingerprint density at radius 3 is 2.70 bits per heavy atom. The molecule has 0 aliphatic heterocycles. The van der Waals surface area contributed by atoms with Crippen molar-refractivity contribution in [3.05, 3.63) is 29.6 Å². The summed E-state index contributed by atoms with van der Waals surface area (Å²) in [5, 5.41) is 3.33. The van der Waals surface area contributed by atoms with Gasteiger partial charge in [0.25, 0.3) is 0 Å². The molecule has 1 fully saturated rings. The van der Waals surface area contributed by atoms with Crippen molar-refractivity contribution in [1.29, 1.82) is 0 Å². The molecule has 1 N–H and O–H groups in total. The van der Waals surface area contributed by atoms with Crippen LogP contribution >= 0.6 is 0 Å². The molecule has 1 aromatic rings. The van der Waals surface area contributed by atoms with E-state index in [0.29, 0.717) is 0 Å². The Kier molecular flexibility index (Phi) is 5.84. The molecule has 1 aliphatic carbocycles. The molecule has 112 valence electrons. The van der Waals surface area contributed by atoms with Crippen LogP contribution in [0.4, 0.5) is 10.1 Å². The summed E-state index contributed by atoms with van der Waals surface area (Å²) < 4.78 is 13.8. The van der Waals surface area contributed by atoms with E-state index in [1.807, 2.05) is 0 Å². The van der Waals surface area contributed by atoms with Crippen LogP contribution < -0.4 is 10.2 Å². The zero-order valence-electron chi connectivity index (χ0n) is 12.8. The molecule has 1 saturated carbocycles. The topological polar surface area (TPSA) is 15.3 Å². The first-order valence-electron chi connectivity index (χ1n) is 7.90. The molecule has 0 amide bonds. The lowest BCUT2D eigenvalue weighted by atomic mass is 10.1. The Morgan fingerprint density at radius 2 is 2.00 bits per heavy atom. The summed E-state index contributed by atoms with van der Waals surface area (Å²) in [6, 6.07) is 5.40. The second kappa shape index (κ2) is 7.63. The summed E-state index contributed by atoms with van der Waals surface area (Å²) in [5.41, 5.74) is 2.04. The number of rotatable bonds is 7. The molecule has 3 heteroatoms. The largest absolute Gasteiger partial charge is 0.374 e. The average molecular weight is 278 g/mol. The van der Waals surface area contributed by atoms with Gasteiger partial charge in [0.05, 0.1) is 0 Å². The van der Waals surface area contributed by atoms with Gasteiger partial charge in [0.1, 0.15) is 5.82 Å². The molecule has 0 atom stereocenters. The molecule has 2 rings (SSSR count). The minimum absolute atomic E-state index is 0.130. The number of nitrogens with zero attached hydrogens (tertiary/aromatic N) is 1. The molecule has 20 heavy (non-hydrogen) atoms. The van der Waals surface area contributed by atoms with E-state index in [2.05, 4.69) is 30.3 Å². The SMILES string of the molecule is CCCNCc1cc(F)cc(N(C)CC2CCCC2)c1. The van der Waals surface area contributed by atoms with Crippen molar-refractivity contribution in [3.8, 4) is 0 Å². The van der Waals surface area contributed by atoms with Crippen LogP contribution in [-0.2, 0) is 6.54 Å². The fourth-order valence-corrected chi connectivity index (χ4v) is 3.05. The van der Waals surface area contributed by atoms with Gasteiger partial charge in [-0.25, -0.2) is 4.39 Å². The molecule has 0 aromatic heterocycles. The van der Waals surface area contributed by atoms with Gasteiger partial charge in [0.2, 0.25) is 0 Å². The van der Waals surface area contributed by atoms with Crippen LogP contribution in [0.5, 0.6) is 0 Å². The van der Waals surface area contributed by atoms with E-state index in [1.54, 1.807) is 12.1 Å². The van der Waals surface area contributed by atoms with E-state index in [0.717, 1.165) is 43.2 Å². The Hall–Kier alpha value is -1.09. The molecule has 1 aliphatic rings. The predicted octanol–water partition coefficient (Wildman–Crippen LogP) is 3.95. The van der Waals surface area contributed by atoms with Gasteiger partial charge in [-0.2, -0.15) is 0 Å². The van der Waals surface area contributed by atoms with Gasteiger partial charge in [-0.3, -0.25) is 0 Å². The van der Waals surface area contributed by atoms with Crippen molar-refractivity contribution in [2.24, 2.45) is 5.92 Å². The quantitative estimate of drug-likeness (QED) is 0.760. The number of hydrogen-bond acceptors (Lipinski definition) is 2. The zero-order valence-corrected chi connectivity index (χ0v) is 12.8. The van der Waals surface area contributed by atoms with E-state index < -0.39 is 0 Å². The fraction of sp³-hybridized carbons (Fsp3) is 0.647. The van der Waals surface area contributed by atoms with Gasteiger partial charge in [0.15, 0.2) is 0 Å². The third-order valence-corrected chi connectivity index (χ3v) is 4.15. The van der Waals surface area contributed by atoms with Gasteiger partial charge in [-0.05, 0) is 55.5 Å². The molecule has 0 saturated heterocycles. The first-order valence-corrected chi connectivity index (χ1v) is 7.90.